The molecule has 0 saturated carbocycles. The molecular formula is C15H18BNO5S. The van der Waals surface area contributed by atoms with E-state index >= 15 is 0 Å². The Morgan fingerprint density at radius 3 is 2.74 bits per heavy atom. The number of allylic oxidation sites excluding steroid dienone is 1. The van der Waals surface area contributed by atoms with E-state index in [1.807, 2.05) is 24.4 Å². The molecule has 0 radical (unpaired) electrons. The van der Waals surface area contributed by atoms with Crippen LogP contribution in [0.25, 0.3) is 0 Å². The Morgan fingerprint density at radius 1 is 1.43 bits per heavy atom. The Kier molecular flexibility index (Phi) is 5.76. The van der Waals surface area contributed by atoms with E-state index in [1.54, 1.807) is 6.08 Å². The summed E-state index contributed by atoms with van der Waals surface area (Å²) in [6.07, 6.45) is 4.78. The normalized spacial score (nSPS) is 21.4. The number of carboxylic acids is 1. The zero-order valence-electron chi connectivity index (χ0n) is 12.5. The summed E-state index contributed by atoms with van der Waals surface area (Å²) in [6, 6.07) is 3.66. The summed E-state index contributed by atoms with van der Waals surface area (Å²) in [5.74, 6) is -3.05. The third-order valence-corrected chi connectivity index (χ3v) is 4.66. The Labute approximate surface area is 138 Å². The van der Waals surface area contributed by atoms with Crippen molar-refractivity contribution in [2.45, 2.75) is 19.3 Å². The van der Waals surface area contributed by atoms with Gasteiger partial charge in [-0.05, 0) is 17.4 Å². The summed E-state index contributed by atoms with van der Waals surface area (Å²) >= 11 is 1.44. The monoisotopic (exact) mass is 335 g/mol. The molecule has 23 heavy (non-hydrogen) atoms. The van der Waals surface area contributed by atoms with E-state index < -0.39 is 24.9 Å². The maximum Gasteiger partial charge on any atom is 0.476 e. The van der Waals surface area contributed by atoms with Gasteiger partial charge in [-0.2, -0.15) is 0 Å². The standard InChI is InChI=1S/C15H18BNO5S/c1-9-4-5-10(15(19)20)7-12(9)14(16(21)22)17-13(18)8-11-3-2-6-23-11/h2-7,9,12,14,21-22H,8H2,1H3,(H,17,18)(H,19,20)/t9?,12?,14-/m0/s1. The van der Waals surface area contributed by atoms with Crippen molar-refractivity contribution < 1.29 is 24.7 Å². The van der Waals surface area contributed by atoms with Gasteiger partial charge in [0, 0.05) is 10.8 Å². The molecule has 1 aliphatic carbocycles. The molecule has 6 nitrogen and oxygen atoms in total. The number of rotatable bonds is 6. The molecule has 8 heteroatoms. The Balaban J connectivity index is 2.12. The van der Waals surface area contributed by atoms with E-state index in [0.29, 0.717) is 0 Å². The second-order valence-electron chi connectivity index (χ2n) is 5.49. The zero-order valence-corrected chi connectivity index (χ0v) is 13.4. The second-order valence-corrected chi connectivity index (χ2v) is 6.52. The van der Waals surface area contributed by atoms with E-state index in [-0.39, 0.29) is 23.8 Å². The van der Waals surface area contributed by atoms with Crippen molar-refractivity contribution in [3.05, 3.63) is 46.2 Å². The minimum absolute atomic E-state index is 0.0752. The van der Waals surface area contributed by atoms with Crippen LogP contribution in [0.1, 0.15) is 11.8 Å². The molecule has 0 saturated heterocycles. The van der Waals surface area contributed by atoms with Gasteiger partial charge in [-0.25, -0.2) is 4.79 Å². The van der Waals surface area contributed by atoms with E-state index in [4.69, 9.17) is 5.11 Å². The SMILES string of the molecule is CC1C=CC(C(=O)O)=CC1[C@H](NC(=O)Cc1cccs1)B(O)O. The minimum atomic E-state index is -1.78. The molecule has 0 aromatic carbocycles. The highest BCUT2D eigenvalue weighted by Gasteiger charge is 2.36. The summed E-state index contributed by atoms with van der Waals surface area (Å²) < 4.78 is 0. The molecule has 1 amide bonds. The lowest BCUT2D eigenvalue weighted by Gasteiger charge is -2.30. The molecule has 2 unspecified atom stereocenters. The minimum Gasteiger partial charge on any atom is -0.478 e. The van der Waals surface area contributed by atoms with Crippen molar-refractivity contribution in [1.82, 2.24) is 5.32 Å². The van der Waals surface area contributed by atoms with Gasteiger partial charge in [0.15, 0.2) is 0 Å². The summed E-state index contributed by atoms with van der Waals surface area (Å²) in [4.78, 5) is 24.1. The van der Waals surface area contributed by atoms with Gasteiger partial charge < -0.3 is 20.5 Å². The van der Waals surface area contributed by atoms with Gasteiger partial charge in [0.25, 0.3) is 0 Å². The number of nitrogens with one attached hydrogen (secondary N) is 1. The van der Waals surface area contributed by atoms with Crippen molar-refractivity contribution in [2.75, 3.05) is 0 Å². The Hall–Kier alpha value is -1.90. The Bertz CT molecular complexity index is 626. The average Bonchev–Trinajstić information content (AvgIpc) is 2.98. The van der Waals surface area contributed by atoms with Gasteiger partial charge in [0.1, 0.15) is 0 Å². The average molecular weight is 335 g/mol. The van der Waals surface area contributed by atoms with Crippen LogP contribution in [0.3, 0.4) is 0 Å². The van der Waals surface area contributed by atoms with Crippen molar-refractivity contribution in [3.8, 4) is 0 Å². The van der Waals surface area contributed by atoms with Crippen molar-refractivity contribution >= 4 is 30.3 Å². The second kappa shape index (κ2) is 7.58. The molecule has 1 aliphatic rings. The van der Waals surface area contributed by atoms with Crippen LogP contribution in [-0.2, 0) is 16.0 Å². The number of carbonyl (C=O) groups is 2. The lowest BCUT2D eigenvalue weighted by molar-refractivity contribution is -0.132. The predicted molar refractivity (Wildman–Crippen MR) is 87.7 cm³/mol. The van der Waals surface area contributed by atoms with Crippen LogP contribution in [0.2, 0.25) is 0 Å². The Morgan fingerprint density at radius 2 is 2.17 bits per heavy atom. The van der Waals surface area contributed by atoms with E-state index in [9.17, 15) is 19.6 Å². The van der Waals surface area contributed by atoms with Gasteiger partial charge in [0.05, 0.1) is 17.9 Å². The van der Waals surface area contributed by atoms with E-state index in [2.05, 4.69) is 5.32 Å². The molecular weight excluding hydrogens is 317 g/mol. The molecule has 0 bridgehead atoms. The summed E-state index contributed by atoms with van der Waals surface area (Å²) in [5.41, 5.74) is 0.0752. The fraction of sp³-hybridized carbons (Fsp3) is 0.333. The first-order valence-electron chi connectivity index (χ1n) is 7.19. The molecule has 3 atom stereocenters. The fourth-order valence-electron chi connectivity index (χ4n) is 2.55. The van der Waals surface area contributed by atoms with Crippen molar-refractivity contribution in [1.29, 1.82) is 0 Å². The van der Waals surface area contributed by atoms with Crippen LogP contribution < -0.4 is 5.32 Å². The first kappa shape index (κ1) is 17.5. The molecule has 1 aromatic heterocycles. The lowest BCUT2D eigenvalue weighted by Crippen LogP contribution is -2.52. The number of hydrogen-bond acceptors (Lipinski definition) is 5. The van der Waals surface area contributed by atoms with Crippen molar-refractivity contribution in [3.63, 3.8) is 0 Å². The molecule has 4 N–H and O–H groups in total. The van der Waals surface area contributed by atoms with E-state index in [0.717, 1.165) is 4.88 Å². The highest BCUT2D eigenvalue weighted by Crippen LogP contribution is 2.26. The van der Waals surface area contributed by atoms with Gasteiger partial charge in [-0.15, -0.1) is 11.3 Å². The zero-order chi connectivity index (χ0) is 17.0. The summed E-state index contributed by atoms with van der Waals surface area (Å²) in [7, 11) is -1.78. The lowest BCUT2D eigenvalue weighted by atomic mass is 9.66. The quantitative estimate of drug-likeness (QED) is 0.570. The smallest absolute Gasteiger partial charge is 0.476 e. The predicted octanol–water partition coefficient (Wildman–Crippen LogP) is 0.620. The van der Waals surface area contributed by atoms with Gasteiger partial charge in [0.2, 0.25) is 5.91 Å². The summed E-state index contributed by atoms with van der Waals surface area (Å²) in [6.45, 7) is 1.83. The maximum atomic E-state index is 12.1. The van der Waals surface area contributed by atoms with Crippen molar-refractivity contribution in [2.24, 2.45) is 11.8 Å². The summed E-state index contributed by atoms with van der Waals surface area (Å²) in [5, 5.41) is 32.8. The molecule has 1 aromatic rings. The maximum absolute atomic E-state index is 12.1. The third-order valence-electron chi connectivity index (χ3n) is 3.78. The van der Waals surface area contributed by atoms with Gasteiger partial charge in [-0.3, -0.25) is 4.79 Å². The van der Waals surface area contributed by atoms with Crippen LogP contribution in [-0.4, -0.2) is 40.1 Å². The first-order chi connectivity index (χ1) is 10.9. The largest absolute Gasteiger partial charge is 0.478 e. The van der Waals surface area contributed by atoms with Gasteiger partial charge >= 0.3 is 13.1 Å². The van der Waals surface area contributed by atoms with Crippen LogP contribution >= 0.6 is 11.3 Å². The van der Waals surface area contributed by atoms with Crippen LogP contribution in [0, 0.1) is 11.8 Å². The highest BCUT2D eigenvalue weighted by molar-refractivity contribution is 7.10. The fourth-order valence-corrected chi connectivity index (χ4v) is 3.25. The van der Waals surface area contributed by atoms with Crippen LogP contribution in [0.15, 0.2) is 41.3 Å². The molecule has 2 rings (SSSR count). The first-order valence-corrected chi connectivity index (χ1v) is 8.07. The van der Waals surface area contributed by atoms with E-state index in [1.165, 1.54) is 23.5 Å². The van der Waals surface area contributed by atoms with Crippen LogP contribution in [0.5, 0.6) is 0 Å². The molecule has 1 heterocycles. The number of thiophene rings is 1. The highest BCUT2D eigenvalue weighted by atomic mass is 32.1. The number of amides is 1. The molecule has 0 spiro atoms. The molecule has 0 aliphatic heterocycles. The number of carbonyl (C=O) groups excluding carboxylic acids is 1. The molecule has 122 valence electrons. The number of aliphatic carboxylic acids is 1. The van der Waals surface area contributed by atoms with Crippen LogP contribution in [0.4, 0.5) is 0 Å². The molecule has 0 fully saturated rings. The number of carboxylic acid groups (broad SMARTS) is 1. The van der Waals surface area contributed by atoms with Gasteiger partial charge in [-0.1, -0.05) is 31.2 Å². The topological polar surface area (TPSA) is 107 Å². The third kappa shape index (κ3) is 4.54. The number of hydrogen-bond donors (Lipinski definition) is 4.